The third-order valence-corrected chi connectivity index (χ3v) is 6.65. The topological polar surface area (TPSA) is 63.4 Å². The lowest BCUT2D eigenvalue weighted by Gasteiger charge is -2.35. The van der Waals surface area contributed by atoms with E-state index in [1.54, 1.807) is 10.4 Å². The molecule has 1 aromatic carbocycles. The Hall–Kier alpha value is -0.430. The predicted molar refractivity (Wildman–Crippen MR) is 84.0 cm³/mol. The number of hydrogen-bond acceptors (Lipinski definition) is 3. The lowest BCUT2D eigenvalue weighted by Crippen LogP contribution is -2.45. The van der Waals surface area contributed by atoms with E-state index in [1.165, 1.54) is 0 Å². The predicted octanol–water partition coefficient (Wildman–Crippen LogP) is 2.36. The first kappa shape index (κ1) is 15.9. The van der Waals surface area contributed by atoms with Crippen molar-refractivity contribution in [2.75, 3.05) is 19.6 Å². The third kappa shape index (κ3) is 3.08. The third-order valence-electron chi connectivity index (χ3n) is 4.15. The molecule has 6 heteroatoms. The van der Waals surface area contributed by atoms with E-state index < -0.39 is 10.0 Å². The molecular formula is C14H21BrN2O2S. The molecule has 1 heterocycles. The first-order chi connectivity index (χ1) is 9.36. The maximum absolute atomic E-state index is 12.8. The Labute approximate surface area is 129 Å². The average molecular weight is 361 g/mol. The van der Waals surface area contributed by atoms with Gasteiger partial charge in [-0.15, -0.1) is 0 Å². The van der Waals surface area contributed by atoms with Crippen LogP contribution in [0.3, 0.4) is 0 Å². The van der Waals surface area contributed by atoms with Gasteiger partial charge < -0.3 is 5.73 Å². The number of halogens is 1. The van der Waals surface area contributed by atoms with Crippen LogP contribution in [0.1, 0.15) is 18.9 Å². The summed E-state index contributed by atoms with van der Waals surface area (Å²) in [5.74, 6) is 0.723. The van der Waals surface area contributed by atoms with Crippen LogP contribution in [0.4, 0.5) is 0 Å². The molecule has 2 atom stereocenters. The lowest BCUT2D eigenvalue weighted by molar-refractivity contribution is 0.203. The van der Waals surface area contributed by atoms with E-state index in [1.807, 2.05) is 19.1 Å². The molecule has 1 aromatic rings. The number of aryl methyl sites for hydroxylation is 1. The van der Waals surface area contributed by atoms with Gasteiger partial charge in [0.25, 0.3) is 0 Å². The van der Waals surface area contributed by atoms with E-state index in [0.29, 0.717) is 30.4 Å². The van der Waals surface area contributed by atoms with Crippen molar-refractivity contribution in [3.63, 3.8) is 0 Å². The summed E-state index contributed by atoms with van der Waals surface area (Å²) in [4.78, 5) is 0.386. The van der Waals surface area contributed by atoms with Crippen molar-refractivity contribution in [1.29, 1.82) is 0 Å². The van der Waals surface area contributed by atoms with Crippen LogP contribution in [0, 0.1) is 18.8 Å². The Morgan fingerprint density at radius 3 is 2.80 bits per heavy atom. The number of sulfonamides is 1. The molecule has 1 aliphatic heterocycles. The van der Waals surface area contributed by atoms with E-state index in [9.17, 15) is 8.42 Å². The molecule has 0 saturated carbocycles. The number of rotatable bonds is 3. The smallest absolute Gasteiger partial charge is 0.243 e. The average Bonchev–Trinajstić information content (AvgIpc) is 2.41. The van der Waals surface area contributed by atoms with Gasteiger partial charge in [0.2, 0.25) is 10.0 Å². The summed E-state index contributed by atoms with van der Waals surface area (Å²) >= 11 is 3.34. The van der Waals surface area contributed by atoms with Crippen LogP contribution in [0.25, 0.3) is 0 Å². The molecule has 1 aliphatic rings. The number of piperidine rings is 1. The van der Waals surface area contributed by atoms with Crippen LogP contribution in [0.5, 0.6) is 0 Å². The molecule has 2 unspecified atom stereocenters. The summed E-state index contributed by atoms with van der Waals surface area (Å²) in [5.41, 5.74) is 6.54. The number of nitrogens with two attached hydrogens (primary N) is 1. The zero-order valence-electron chi connectivity index (χ0n) is 11.8. The summed E-state index contributed by atoms with van der Waals surface area (Å²) in [7, 11) is -3.43. The maximum atomic E-state index is 12.8. The van der Waals surface area contributed by atoms with Crippen LogP contribution in [-0.4, -0.2) is 32.4 Å². The molecule has 20 heavy (non-hydrogen) atoms. The second-order valence-electron chi connectivity index (χ2n) is 5.53. The van der Waals surface area contributed by atoms with Crippen molar-refractivity contribution in [2.45, 2.75) is 25.2 Å². The van der Waals surface area contributed by atoms with Gasteiger partial charge in [0, 0.05) is 17.6 Å². The minimum Gasteiger partial charge on any atom is -0.330 e. The first-order valence-corrected chi connectivity index (χ1v) is 9.06. The van der Waals surface area contributed by atoms with E-state index >= 15 is 0 Å². The molecule has 0 radical (unpaired) electrons. The van der Waals surface area contributed by atoms with Gasteiger partial charge in [-0.3, -0.25) is 0 Å². The quantitative estimate of drug-likeness (QED) is 0.899. The molecule has 2 N–H and O–H groups in total. The lowest BCUT2D eigenvalue weighted by atomic mass is 9.88. The highest BCUT2D eigenvalue weighted by atomic mass is 79.9. The number of nitrogens with zero attached hydrogens (tertiary/aromatic N) is 1. The molecule has 0 spiro atoms. The van der Waals surface area contributed by atoms with Gasteiger partial charge in [-0.25, -0.2) is 8.42 Å². The van der Waals surface area contributed by atoms with Gasteiger partial charge in [0.05, 0.1) is 4.90 Å². The SMILES string of the molecule is Cc1ccc(Br)cc1S(=O)(=O)N1CCC(C)C(CN)C1. The van der Waals surface area contributed by atoms with E-state index in [2.05, 4.69) is 22.9 Å². The molecular weight excluding hydrogens is 340 g/mol. The standard InChI is InChI=1S/C14H21BrN2O2S/c1-10-5-6-17(9-12(10)8-16)20(18,19)14-7-13(15)4-3-11(14)2/h3-4,7,10,12H,5-6,8-9,16H2,1-2H3. The Kier molecular flexibility index (Phi) is 4.89. The van der Waals surface area contributed by atoms with Crippen LogP contribution >= 0.6 is 15.9 Å². The molecule has 0 aromatic heterocycles. The molecule has 1 saturated heterocycles. The highest BCUT2D eigenvalue weighted by Gasteiger charge is 2.33. The van der Waals surface area contributed by atoms with Crippen molar-refractivity contribution >= 4 is 26.0 Å². The second kappa shape index (κ2) is 6.13. The van der Waals surface area contributed by atoms with Crippen molar-refractivity contribution < 1.29 is 8.42 Å². The van der Waals surface area contributed by atoms with Crippen molar-refractivity contribution in [3.05, 3.63) is 28.2 Å². The fourth-order valence-corrected chi connectivity index (χ4v) is 4.91. The maximum Gasteiger partial charge on any atom is 0.243 e. The molecule has 0 bridgehead atoms. The van der Waals surface area contributed by atoms with Gasteiger partial charge in [0.15, 0.2) is 0 Å². The highest BCUT2D eigenvalue weighted by Crippen LogP contribution is 2.29. The largest absolute Gasteiger partial charge is 0.330 e. The van der Waals surface area contributed by atoms with Gasteiger partial charge in [0.1, 0.15) is 0 Å². The number of hydrogen-bond donors (Lipinski definition) is 1. The highest BCUT2D eigenvalue weighted by molar-refractivity contribution is 9.10. The fourth-order valence-electron chi connectivity index (χ4n) is 2.63. The molecule has 1 fully saturated rings. The Morgan fingerprint density at radius 1 is 1.45 bits per heavy atom. The van der Waals surface area contributed by atoms with E-state index in [-0.39, 0.29) is 5.92 Å². The van der Waals surface area contributed by atoms with Crippen molar-refractivity contribution in [1.82, 2.24) is 4.31 Å². The van der Waals surface area contributed by atoms with Crippen molar-refractivity contribution in [3.8, 4) is 0 Å². The second-order valence-corrected chi connectivity index (χ2v) is 8.36. The summed E-state index contributed by atoms with van der Waals surface area (Å²) in [6, 6.07) is 5.36. The zero-order valence-corrected chi connectivity index (χ0v) is 14.2. The van der Waals surface area contributed by atoms with Gasteiger partial charge >= 0.3 is 0 Å². The fraction of sp³-hybridized carbons (Fsp3) is 0.571. The molecule has 4 nitrogen and oxygen atoms in total. The van der Waals surface area contributed by atoms with E-state index in [4.69, 9.17) is 5.73 Å². The zero-order chi connectivity index (χ0) is 14.9. The molecule has 0 amide bonds. The van der Waals surface area contributed by atoms with Gasteiger partial charge in [-0.1, -0.05) is 28.9 Å². The molecule has 0 aliphatic carbocycles. The number of benzene rings is 1. The normalized spacial score (nSPS) is 24.8. The molecule has 2 rings (SSSR count). The Bertz CT molecular complexity index is 589. The van der Waals surface area contributed by atoms with E-state index in [0.717, 1.165) is 16.5 Å². The first-order valence-electron chi connectivity index (χ1n) is 6.82. The summed E-state index contributed by atoms with van der Waals surface area (Å²) in [6.45, 7) is 5.60. The summed E-state index contributed by atoms with van der Waals surface area (Å²) < 4.78 is 27.9. The minimum atomic E-state index is -3.43. The molecule has 112 valence electrons. The van der Waals surface area contributed by atoms with Crippen LogP contribution in [-0.2, 0) is 10.0 Å². The van der Waals surface area contributed by atoms with Crippen LogP contribution in [0.15, 0.2) is 27.6 Å². The summed E-state index contributed by atoms with van der Waals surface area (Å²) in [5, 5.41) is 0. The Balaban J connectivity index is 2.33. The van der Waals surface area contributed by atoms with Crippen LogP contribution in [0.2, 0.25) is 0 Å². The van der Waals surface area contributed by atoms with Crippen LogP contribution < -0.4 is 5.73 Å². The van der Waals surface area contributed by atoms with Gasteiger partial charge in [-0.05, 0) is 49.4 Å². The minimum absolute atomic E-state index is 0.242. The Morgan fingerprint density at radius 2 is 2.15 bits per heavy atom. The van der Waals surface area contributed by atoms with Crippen molar-refractivity contribution in [2.24, 2.45) is 17.6 Å². The van der Waals surface area contributed by atoms with Gasteiger partial charge in [-0.2, -0.15) is 4.31 Å². The monoisotopic (exact) mass is 360 g/mol. The summed E-state index contributed by atoms with van der Waals surface area (Å²) in [6.07, 6.45) is 0.869.